The van der Waals surface area contributed by atoms with Gasteiger partial charge in [0.15, 0.2) is 11.5 Å². The highest BCUT2D eigenvalue weighted by Gasteiger charge is 2.07. The fourth-order valence-corrected chi connectivity index (χ4v) is 1.87. The molecule has 4 nitrogen and oxygen atoms in total. The highest BCUT2D eigenvalue weighted by atomic mass is 16.5. The van der Waals surface area contributed by atoms with Crippen LogP contribution in [0.2, 0.25) is 0 Å². The molecular formula is C14H24N2O2. The molecule has 0 radical (unpaired) electrons. The Morgan fingerprint density at radius 3 is 2.72 bits per heavy atom. The van der Waals surface area contributed by atoms with Crippen molar-refractivity contribution in [1.82, 2.24) is 5.32 Å². The lowest BCUT2D eigenvalue weighted by Gasteiger charge is -2.15. The van der Waals surface area contributed by atoms with E-state index in [2.05, 4.69) is 18.3 Å². The first kappa shape index (κ1) is 14.8. The van der Waals surface area contributed by atoms with E-state index in [4.69, 9.17) is 15.2 Å². The molecule has 1 rings (SSSR count). The molecule has 102 valence electrons. The lowest BCUT2D eigenvalue weighted by atomic mass is 10.1. The van der Waals surface area contributed by atoms with E-state index in [1.807, 2.05) is 19.1 Å². The number of hydrogen-bond donors (Lipinski definition) is 2. The van der Waals surface area contributed by atoms with Crippen molar-refractivity contribution >= 4 is 0 Å². The van der Waals surface area contributed by atoms with Gasteiger partial charge < -0.3 is 20.5 Å². The SMILES string of the molecule is CCOc1ccc(CC(C)NCCN)cc1OC. The van der Waals surface area contributed by atoms with Gasteiger partial charge in [-0.15, -0.1) is 0 Å². The van der Waals surface area contributed by atoms with Crippen LogP contribution >= 0.6 is 0 Å². The number of rotatable bonds is 8. The zero-order chi connectivity index (χ0) is 13.4. The van der Waals surface area contributed by atoms with Crippen LogP contribution in [-0.2, 0) is 6.42 Å². The fourth-order valence-electron chi connectivity index (χ4n) is 1.87. The Morgan fingerprint density at radius 1 is 1.33 bits per heavy atom. The van der Waals surface area contributed by atoms with Crippen molar-refractivity contribution in [3.8, 4) is 11.5 Å². The number of nitrogens with two attached hydrogens (primary N) is 1. The van der Waals surface area contributed by atoms with Crippen LogP contribution in [0.3, 0.4) is 0 Å². The van der Waals surface area contributed by atoms with Gasteiger partial charge in [0, 0.05) is 19.1 Å². The van der Waals surface area contributed by atoms with Crippen LogP contribution in [0.4, 0.5) is 0 Å². The highest BCUT2D eigenvalue weighted by molar-refractivity contribution is 5.43. The summed E-state index contributed by atoms with van der Waals surface area (Å²) in [6, 6.07) is 6.48. The average molecular weight is 252 g/mol. The lowest BCUT2D eigenvalue weighted by molar-refractivity contribution is 0.310. The Kier molecular flexibility index (Phi) is 6.54. The second-order valence-electron chi connectivity index (χ2n) is 4.27. The molecule has 0 heterocycles. The molecule has 1 unspecified atom stereocenters. The molecule has 0 amide bonds. The summed E-state index contributed by atoms with van der Waals surface area (Å²) in [6.45, 7) is 6.27. The minimum absolute atomic E-state index is 0.399. The number of methoxy groups -OCH3 is 1. The molecule has 1 aromatic carbocycles. The predicted molar refractivity (Wildman–Crippen MR) is 74.4 cm³/mol. The topological polar surface area (TPSA) is 56.5 Å². The zero-order valence-corrected chi connectivity index (χ0v) is 11.5. The van der Waals surface area contributed by atoms with Gasteiger partial charge in [0.2, 0.25) is 0 Å². The zero-order valence-electron chi connectivity index (χ0n) is 11.5. The van der Waals surface area contributed by atoms with E-state index in [1.165, 1.54) is 5.56 Å². The van der Waals surface area contributed by atoms with E-state index >= 15 is 0 Å². The van der Waals surface area contributed by atoms with Crippen molar-refractivity contribution in [3.63, 3.8) is 0 Å². The Hall–Kier alpha value is -1.26. The second kappa shape index (κ2) is 7.95. The third-order valence-corrected chi connectivity index (χ3v) is 2.71. The molecule has 1 aromatic rings. The number of hydrogen-bond acceptors (Lipinski definition) is 4. The van der Waals surface area contributed by atoms with E-state index in [1.54, 1.807) is 7.11 Å². The van der Waals surface area contributed by atoms with Gasteiger partial charge in [-0.1, -0.05) is 6.07 Å². The van der Waals surface area contributed by atoms with Crippen molar-refractivity contribution in [2.45, 2.75) is 26.3 Å². The molecule has 0 fully saturated rings. The summed E-state index contributed by atoms with van der Waals surface area (Å²) in [4.78, 5) is 0. The molecule has 0 spiro atoms. The lowest BCUT2D eigenvalue weighted by Crippen LogP contribution is -2.32. The molecule has 1 atom stereocenters. The van der Waals surface area contributed by atoms with Gasteiger partial charge >= 0.3 is 0 Å². The minimum Gasteiger partial charge on any atom is -0.493 e. The van der Waals surface area contributed by atoms with Crippen molar-refractivity contribution in [2.75, 3.05) is 26.8 Å². The van der Waals surface area contributed by atoms with Crippen LogP contribution in [0.5, 0.6) is 11.5 Å². The number of ether oxygens (including phenoxy) is 2. The average Bonchev–Trinajstić information content (AvgIpc) is 2.38. The van der Waals surface area contributed by atoms with Gasteiger partial charge in [-0.05, 0) is 38.0 Å². The van der Waals surface area contributed by atoms with Gasteiger partial charge in [0.1, 0.15) is 0 Å². The van der Waals surface area contributed by atoms with Crippen LogP contribution < -0.4 is 20.5 Å². The molecule has 0 aliphatic heterocycles. The predicted octanol–water partition coefficient (Wildman–Crippen LogP) is 1.57. The molecule has 4 heteroatoms. The van der Waals surface area contributed by atoms with Gasteiger partial charge in [0.05, 0.1) is 13.7 Å². The number of benzene rings is 1. The van der Waals surface area contributed by atoms with Gasteiger partial charge in [-0.25, -0.2) is 0 Å². The summed E-state index contributed by atoms with van der Waals surface area (Å²) in [6.07, 6.45) is 0.947. The van der Waals surface area contributed by atoms with Crippen LogP contribution in [0.25, 0.3) is 0 Å². The van der Waals surface area contributed by atoms with E-state index in [-0.39, 0.29) is 0 Å². The summed E-state index contributed by atoms with van der Waals surface area (Å²) in [5.74, 6) is 1.59. The normalized spacial score (nSPS) is 12.2. The van der Waals surface area contributed by atoms with Crippen LogP contribution in [0, 0.1) is 0 Å². The van der Waals surface area contributed by atoms with Crippen LogP contribution in [-0.4, -0.2) is 32.8 Å². The fraction of sp³-hybridized carbons (Fsp3) is 0.571. The van der Waals surface area contributed by atoms with E-state index < -0.39 is 0 Å². The smallest absolute Gasteiger partial charge is 0.161 e. The van der Waals surface area contributed by atoms with E-state index in [9.17, 15) is 0 Å². The van der Waals surface area contributed by atoms with E-state index in [0.29, 0.717) is 19.2 Å². The standard InChI is InChI=1S/C14H24N2O2/c1-4-18-13-6-5-12(10-14(13)17-3)9-11(2)16-8-7-15/h5-6,10-11,16H,4,7-9,15H2,1-3H3. The molecule has 3 N–H and O–H groups in total. The molecule has 0 saturated carbocycles. The summed E-state index contributed by atoms with van der Waals surface area (Å²) in [5.41, 5.74) is 6.70. The Bertz CT molecular complexity index is 356. The Labute approximate surface area is 109 Å². The third kappa shape index (κ3) is 4.55. The van der Waals surface area contributed by atoms with E-state index in [0.717, 1.165) is 24.5 Å². The number of nitrogens with one attached hydrogen (secondary N) is 1. The third-order valence-electron chi connectivity index (χ3n) is 2.71. The Balaban J connectivity index is 2.66. The van der Waals surface area contributed by atoms with Crippen molar-refractivity contribution in [2.24, 2.45) is 5.73 Å². The molecule has 0 aromatic heterocycles. The molecular weight excluding hydrogens is 228 g/mol. The van der Waals surface area contributed by atoms with Crippen molar-refractivity contribution in [1.29, 1.82) is 0 Å². The van der Waals surface area contributed by atoms with Crippen molar-refractivity contribution < 1.29 is 9.47 Å². The second-order valence-corrected chi connectivity index (χ2v) is 4.27. The minimum atomic E-state index is 0.399. The highest BCUT2D eigenvalue weighted by Crippen LogP contribution is 2.28. The quantitative estimate of drug-likeness (QED) is 0.737. The monoisotopic (exact) mass is 252 g/mol. The maximum absolute atomic E-state index is 5.50. The maximum Gasteiger partial charge on any atom is 0.161 e. The first-order valence-electron chi connectivity index (χ1n) is 6.44. The maximum atomic E-state index is 5.50. The van der Waals surface area contributed by atoms with Gasteiger partial charge in [-0.3, -0.25) is 0 Å². The first-order valence-corrected chi connectivity index (χ1v) is 6.44. The van der Waals surface area contributed by atoms with Crippen molar-refractivity contribution in [3.05, 3.63) is 23.8 Å². The summed E-state index contributed by atoms with van der Waals surface area (Å²) >= 11 is 0. The molecule has 0 bridgehead atoms. The van der Waals surface area contributed by atoms with Gasteiger partial charge in [0.25, 0.3) is 0 Å². The summed E-state index contributed by atoms with van der Waals surface area (Å²) in [5, 5.41) is 3.36. The molecule has 0 saturated heterocycles. The molecule has 0 aliphatic carbocycles. The summed E-state index contributed by atoms with van der Waals surface area (Å²) < 4.78 is 10.8. The first-order chi connectivity index (χ1) is 8.71. The largest absolute Gasteiger partial charge is 0.493 e. The van der Waals surface area contributed by atoms with Crippen LogP contribution in [0.15, 0.2) is 18.2 Å². The Morgan fingerprint density at radius 2 is 2.11 bits per heavy atom. The summed E-state index contributed by atoms with van der Waals surface area (Å²) in [7, 11) is 1.66. The van der Waals surface area contributed by atoms with Crippen LogP contribution in [0.1, 0.15) is 19.4 Å². The van der Waals surface area contributed by atoms with Gasteiger partial charge in [-0.2, -0.15) is 0 Å². The molecule has 18 heavy (non-hydrogen) atoms. The molecule has 0 aliphatic rings.